The summed E-state index contributed by atoms with van der Waals surface area (Å²) >= 11 is 0. The van der Waals surface area contributed by atoms with Gasteiger partial charge >= 0.3 is 0 Å². The average molecular weight is 261 g/mol. The standard InChI is InChI=1S/C15H23N3O/c1-18(2)14-8-7-12(9-13(14)16)15(19)17-10-11-5-3-4-6-11/h7-9,11H,3-6,10,16H2,1-2H3,(H,17,19). The minimum absolute atomic E-state index is 0.0242. The minimum atomic E-state index is -0.0242. The van der Waals surface area contributed by atoms with E-state index in [-0.39, 0.29) is 5.91 Å². The molecule has 104 valence electrons. The number of anilines is 2. The summed E-state index contributed by atoms with van der Waals surface area (Å²) in [5.41, 5.74) is 8.17. The van der Waals surface area contributed by atoms with Gasteiger partial charge in [0.15, 0.2) is 0 Å². The Morgan fingerprint density at radius 2 is 2.05 bits per heavy atom. The lowest BCUT2D eigenvalue weighted by Crippen LogP contribution is -2.28. The molecule has 3 N–H and O–H groups in total. The van der Waals surface area contributed by atoms with Crippen molar-refractivity contribution in [1.29, 1.82) is 0 Å². The van der Waals surface area contributed by atoms with E-state index in [9.17, 15) is 4.79 Å². The van der Waals surface area contributed by atoms with Crippen LogP contribution >= 0.6 is 0 Å². The molecular formula is C15H23N3O. The summed E-state index contributed by atoms with van der Waals surface area (Å²) in [5, 5.41) is 3.01. The van der Waals surface area contributed by atoms with Gasteiger partial charge in [-0.25, -0.2) is 0 Å². The van der Waals surface area contributed by atoms with E-state index >= 15 is 0 Å². The first kappa shape index (κ1) is 13.7. The molecule has 0 radical (unpaired) electrons. The van der Waals surface area contributed by atoms with Gasteiger partial charge in [0.1, 0.15) is 0 Å². The second kappa shape index (κ2) is 5.95. The summed E-state index contributed by atoms with van der Waals surface area (Å²) in [6.07, 6.45) is 5.07. The number of rotatable bonds is 4. The van der Waals surface area contributed by atoms with Crippen LogP contribution in [0.1, 0.15) is 36.0 Å². The van der Waals surface area contributed by atoms with Crippen LogP contribution in [0.5, 0.6) is 0 Å². The molecule has 4 heteroatoms. The molecule has 0 aromatic heterocycles. The summed E-state index contributed by atoms with van der Waals surface area (Å²) in [5.74, 6) is 0.631. The van der Waals surface area contributed by atoms with Crippen LogP contribution in [0.15, 0.2) is 18.2 Å². The molecule has 1 aliphatic carbocycles. The van der Waals surface area contributed by atoms with Gasteiger partial charge in [-0.1, -0.05) is 12.8 Å². The van der Waals surface area contributed by atoms with Crippen LogP contribution in [-0.2, 0) is 0 Å². The first-order valence-corrected chi connectivity index (χ1v) is 6.93. The summed E-state index contributed by atoms with van der Waals surface area (Å²) in [6.45, 7) is 0.786. The fourth-order valence-corrected chi connectivity index (χ4v) is 2.66. The van der Waals surface area contributed by atoms with E-state index < -0.39 is 0 Å². The molecule has 0 heterocycles. The topological polar surface area (TPSA) is 58.4 Å². The predicted molar refractivity (Wildman–Crippen MR) is 79.5 cm³/mol. The molecule has 1 fully saturated rings. The predicted octanol–water partition coefficient (Wildman–Crippen LogP) is 2.25. The van der Waals surface area contributed by atoms with E-state index in [1.54, 1.807) is 6.07 Å². The van der Waals surface area contributed by atoms with E-state index in [1.807, 2.05) is 31.1 Å². The Hall–Kier alpha value is -1.71. The lowest BCUT2D eigenvalue weighted by atomic mass is 10.1. The van der Waals surface area contributed by atoms with Crippen LogP contribution in [0.4, 0.5) is 11.4 Å². The number of amides is 1. The lowest BCUT2D eigenvalue weighted by molar-refractivity contribution is 0.0947. The highest BCUT2D eigenvalue weighted by Crippen LogP contribution is 2.24. The molecule has 1 saturated carbocycles. The number of carbonyl (C=O) groups is 1. The van der Waals surface area contributed by atoms with E-state index in [1.165, 1.54) is 25.7 Å². The molecule has 4 nitrogen and oxygen atoms in total. The Labute approximate surface area is 115 Å². The molecule has 0 aliphatic heterocycles. The molecule has 0 saturated heterocycles. The number of hydrogen-bond donors (Lipinski definition) is 2. The molecule has 0 bridgehead atoms. The average Bonchev–Trinajstić information content (AvgIpc) is 2.88. The van der Waals surface area contributed by atoms with E-state index in [2.05, 4.69) is 5.32 Å². The number of carbonyl (C=O) groups excluding carboxylic acids is 1. The van der Waals surface area contributed by atoms with Crippen molar-refractivity contribution in [3.8, 4) is 0 Å². The van der Waals surface area contributed by atoms with Crippen LogP contribution in [0.25, 0.3) is 0 Å². The highest BCUT2D eigenvalue weighted by atomic mass is 16.1. The third-order valence-corrected chi connectivity index (χ3v) is 3.80. The first-order chi connectivity index (χ1) is 9.08. The van der Waals surface area contributed by atoms with Gasteiger partial charge in [-0.2, -0.15) is 0 Å². The van der Waals surface area contributed by atoms with E-state index in [4.69, 9.17) is 5.73 Å². The quantitative estimate of drug-likeness (QED) is 0.817. The molecule has 1 aromatic rings. The number of benzene rings is 1. The first-order valence-electron chi connectivity index (χ1n) is 6.93. The Morgan fingerprint density at radius 1 is 1.37 bits per heavy atom. The van der Waals surface area contributed by atoms with Crippen molar-refractivity contribution >= 4 is 17.3 Å². The van der Waals surface area contributed by atoms with Crippen LogP contribution in [0.3, 0.4) is 0 Å². The van der Waals surface area contributed by atoms with Gasteiger partial charge < -0.3 is 16.0 Å². The lowest BCUT2D eigenvalue weighted by Gasteiger charge is -2.16. The van der Waals surface area contributed by atoms with Gasteiger partial charge in [-0.15, -0.1) is 0 Å². The van der Waals surface area contributed by atoms with Gasteiger partial charge in [-0.3, -0.25) is 4.79 Å². The molecule has 0 spiro atoms. The zero-order valence-corrected chi connectivity index (χ0v) is 11.8. The maximum absolute atomic E-state index is 12.1. The van der Waals surface area contributed by atoms with Gasteiger partial charge in [-0.05, 0) is 37.0 Å². The van der Waals surface area contributed by atoms with Gasteiger partial charge in [0.2, 0.25) is 0 Å². The smallest absolute Gasteiger partial charge is 0.251 e. The second-order valence-corrected chi connectivity index (χ2v) is 5.53. The number of hydrogen-bond acceptors (Lipinski definition) is 3. The molecule has 0 unspecified atom stereocenters. The summed E-state index contributed by atoms with van der Waals surface area (Å²) < 4.78 is 0. The largest absolute Gasteiger partial charge is 0.397 e. The van der Waals surface area contributed by atoms with Crippen LogP contribution < -0.4 is 16.0 Å². The molecule has 1 aliphatic rings. The Kier molecular flexibility index (Phi) is 4.30. The van der Waals surface area contributed by atoms with Crippen molar-refractivity contribution in [2.45, 2.75) is 25.7 Å². The zero-order valence-electron chi connectivity index (χ0n) is 11.8. The Bertz CT molecular complexity index is 451. The second-order valence-electron chi connectivity index (χ2n) is 5.53. The highest BCUT2D eigenvalue weighted by molar-refractivity contribution is 5.96. The van der Waals surface area contributed by atoms with Crippen molar-refractivity contribution in [3.05, 3.63) is 23.8 Å². The van der Waals surface area contributed by atoms with Crippen LogP contribution in [-0.4, -0.2) is 26.5 Å². The SMILES string of the molecule is CN(C)c1ccc(C(=O)NCC2CCCC2)cc1N. The van der Waals surface area contributed by atoms with E-state index in [0.717, 1.165) is 12.2 Å². The molecule has 0 atom stereocenters. The minimum Gasteiger partial charge on any atom is -0.397 e. The molecule has 1 aromatic carbocycles. The molecule has 2 rings (SSSR count). The summed E-state index contributed by atoms with van der Waals surface area (Å²) in [7, 11) is 3.87. The number of nitrogen functional groups attached to an aromatic ring is 1. The number of nitrogens with two attached hydrogens (primary N) is 1. The van der Waals surface area contributed by atoms with Crippen LogP contribution in [0, 0.1) is 5.92 Å². The molecule has 1 amide bonds. The summed E-state index contributed by atoms with van der Waals surface area (Å²) in [6, 6.07) is 5.47. The van der Waals surface area contributed by atoms with E-state index in [0.29, 0.717) is 17.2 Å². The van der Waals surface area contributed by atoms with Crippen molar-refractivity contribution in [2.24, 2.45) is 5.92 Å². The third-order valence-electron chi connectivity index (χ3n) is 3.80. The van der Waals surface area contributed by atoms with Gasteiger partial charge in [0, 0.05) is 26.2 Å². The summed E-state index contributed by atoms with van der Waals surface area (Å²) in [4.78, 5) is 14.0. The third kappa shape index (κ3) is 3.40. The zero-order chi connectivity index (χ0) is 13.8. The Morgan fingerprint density at radius 3 is 2.63 bits per heavy atom. The monoisotopic (exact) mass is 261 g/mol. The molecule has 19 heavy (non-hydrogen) atoms. The number of nitrogens with zero attached hydrogens (tertiary/aromatic N) is 1. The van der Waals surface area contributed by atoms with Crippen molar-refractivity contribution in [1.82, 2.24) is 5.32 Å². The molecular weight excluding hydrogens is 238 g/mol. The van der Waals surface area contributed by atoms with Crippen molar-refractivity contribution in [2.75, 3.05) is 31.3 Å². The maximum Gasteiger partial charge on any atom is 0.251 e. The maximum atomic E-state index is 12.1. The fourth-order valence-electron chi connectivity index (χ4n) is 2.66. The van der Waals surface area contributed by atoms with Crippen molar-refractivity contribution < 1.29 is 4.79 Å². The van der Waals surface area contributed by atoms with Crippen LogP contribution in [0.2, 0.25) is 0 Å². The normalized spacial score (nSPS) is 15.5. The Balaban J connectivity index is 1.96. The highest BCUT2D eigenvalue weighted by Gasteiger charge is 2.16. The fraction of sp³-hybridized carbons (Fsp3) is 0.533. The van der Waals surface area contributed by atoms with Gasteiger partial charge in [0.05, 0.1) is 11.4 Å². The van der Waals surface area contributed by atoms with Gasteiger partial charge in [0.25, 0.3) is 5.91 Å². The number of nitrogens with one attached hydrogen (secondary N) is 1. The van der Waals surface area contributed by atoms with Crippen molar-refractivity contribution in [3.63, 3.8) is 0 Å².